The van der Waals surface area contributed by atoms with E-state index in [9.17, 15) is 0 Å². The molecule has 0 aromatic rings. The molecule has 3 unspecified atom stereocenters. The van der Waals surface area contributed by atoms with E-state index in [1.807, 2.05) is 0 Å². The van der Waals surface area contributed by atoms with E-state index in [1.54, 1.807) is 0 Å². The lowest BCUT2D eigenvalue weighted by Crippen LogP contribution is -2.45. The Morgan fingerprint density at radius 3 is 2.24 bits per heavy atom. The zero-order chi connectivity index (χ0) is 12.9. The Balaban J connectivity index is 2.31. The summed E-state index contributed by atoms with van der Waals surface area (Å²) >= 11 is 0. The number of rotatable bonds is 1. The molecule has 1 saturated carbocycles. The van der Waals surface area contributed by atoms with Crippen LogP contribution in [0.1, 0.15) is 67.2 Å². The summed E-state index contributed by atoms with van der Waals surface area (Å²) in [6.07, 6.45) is 5.92. The van der Waals surface area contributed by atoms with Gasteiger partial charge in [-0.05, 0) is 36.0 Å². The Bertz CT molecular complexity index is 281. The van der Waals surface area contributed by atoms with Crippen LogP contribution in [0.25, 0.3) is 0 Å². The first-order chi connectivity index (χ1) is 7.66. The third-order valence-electron chi connectivity index (χ3n) is 5.06. The molecule has 0 N–H and O–H groups in total. The van der Waals surface area contributed by atoms with Gasteiger partial charge in [0.05, 0.1) is 12.7 Å². The highest BCUT2D eigenvalue weighted by atomic mass is 16.5. The van der Waals surface area contributed by atoms with E-state index >= 15 is 0 Å². The van der Waals surface area contributed by atoms with Crippen LogP contribution in [-0.4, -0.2) is 12.7 Å². The molecule has 2 aliphatic rings. The third-order valence-corrected chi connectivity index (χ3v) is 5.06. The monoisotopic (exact) mass is 238 g/mol. The normalized spacial score (nSPS) is 38.5. The Morgan fingerprint density at radius 1 is 1.06 bits per heavy atom. The van der Waals surface area contributed by atoms with Crippen LogP contribution in [-0.2, 0) is 4.74 Å². The summed E-state index contributed by atoms with van der Waals surface area (Å²) in [4.78, 5) is 0. The van der Waals surface area contributed by atoms with Crippen molar-refractivity contribution in [3.05, 3.63) is 0 Å². The van der Waals surface area contributed by atoms with Crippen molar-refractivity contribution in [3.8, 4) is 0 Å². The van der Waals surface area contributed by atoms with Crippen LogP contribution in [0.3, 0.4) is 0 Å². The van der Waals surface area contributed by atoms with Gasteiger partial charge in [-0.3, -0.25) is 0 Å². The van der Waals surface area contributed by atoms with Gasteiger partial charge in [-0.2, -0.15) is 0 Å². The second-order valence-corrected chi connectivity index (χ2v) is 8.53. The first-order valence-corrected chi connectivity index (χ1v) is 7.27. The van der Waals surface area contributed by atoms with Crippen LogP contribution in [0.5, 0.6) is 0 Å². The lowest BCUT2D eigenvalue weighted by atomic mass is 9.55. The van der Waals surface area contributed by atoms with Crippen LogP contribution >= 0.6 is 0 Å². The van der Waals surface area contributed by atoms with Crippen molar-refractivity contribution in [3.63, 3.8) is 0 Å². The van der Waals surface area contributed by atoms with Gasteiger partial charge in [0.2, 0.25) is 0 Å². The molecule has 0 spiro atoms. The summed E-state index contributed by atoms with van der Waals surface area (Å²) in [6.45, 7) is 15.4. The number of hydrogen-bond donors (Lipinski definition) is 0. The smallest absolute Gasteiger partial charge is 0.0609 e. The van der Waals surface area contributed by atoms with Gasteiger partial charge in [0, 0.05) is 5.41 Å². The maximum Gasteiger partial charge on any atom is 0.0609 e. The molecule has 1 saturated heterocycles. The number of fused-ring (bicyclic) bond motifs is 1. The Hall–Kier alpha value is -0.0400. The van der Waals surface area contributed by atoms with Crippen molar-refractivity contribution in [2.45, 2.75) is 73.3 Å². The minimum Gasteiger partial charge on any atom is -0.377 e. The summed E-state index contributed by atoms with van der Waals surface area (Å²) in [7, 11) is 0. The largest absolute Gasteiger partial charge is 0.377 e. The van der Waals surface area contributed by atoms with Crippen LogP contribution in [0.2, 0.25) is 0 Å². The highest BCUT2D eigenvalue weighted by Crippen LogP contribution is 2.60. The molecule has 2 fully saturated rings. The molecule has 1 aliphatic carbocycles. The molecular weight excluding hydrogens is 208 g/mol. The second kappa shape index (κ2) is 3.98. The molecule has 1 aliphatic heterocycles. The summed E-state index contributed by atoms with van der Waals surface area (Å²) < 4.78 is 6.17. The standard InChI is InChI=1S/C16H30O/c1-14(2,3)10-16(15(4,5)6)11-17-13-9-7-8-12(13)16/h12-13H,7-11H2,1-6H3. The summed E-state index contributed by atoms with van der Waals surface area (Å²) in [5.74, 6) is 0.807. The van der Waals surface area contributed by atoms with E-state index < -0.39 is 0 Å². The number of ether oxygens (including phenoxy) is 1. The minimum absolute atomic E-state index is 0.351. The van der Waals surface area contributed by atoms with E-state index in [2.05, 4.69) is 41.5 Å². The van der Waals surface area contributed by atoms with Crippen LogP contribution in [0.15, 0.2) is 0 Å². The molecule has 17 heavy (non-hydrogen) atoms. The lowest BCUT2D eigenvalue weighted by molar-refractivity contribution is -0.00750. The zero-order valence-corrected chi connectivity index (χ0v) is 12.6. The predicted octanol–water partition coefficient (Wildman–Crippen LogP) is 4.65. The highest BCUT2D eigenvalue weighted by Gasteiger charge is 2.57. The second-order valence-electron chi connectivity index (χ2n) is 8.53. The predicted molar refractivity (Wildman–Crippen MR) is 73.0 cm³/mol. The van der Waals surface area contributed by atoms with Gasteiger partial charge in [0.1, 0.15) is 0 Å². The topological polar surface area (TPSA) is 9.23 Å². The van der Waals surface area contributed by atoms with Gasteiger partial charge in [-0.25, -0.2) is 0 Å². The molecule has 0 bridgehead atoms. The van der Waals surface area contributed by atoms with Gasteiger partial charge >= 0.3 is 0 Å². The molecule has 2 rings (SSSR count). The highest BCUT2D eigenvalue weighted by molar-refractivity contribution is 5.05. The number of hydrogen-bond acceptors (Lipinski definition) is 1. The summed E-state index contributed by atoms with van der Waals surface area (Å²) in [5, 5.41) is 0. The molecule has 0 radical (unpaired) electrons. The minimum atomic E-state index is 0.351. The molecule has 0 aromatic heterocycles. The Labute approximate surface area is 107 Å². The SMILES string of the molecule is CC(C)(C)CC1(C(C)(C)C)COC2CCCC21. The molecule has 1 heteroatoms. The van der Waals surface area contributed by atoms with Crippen molar-refractivity contribution in [1.82, 2.24) is 0 Å². The van der Waals surface area contributed by atoms with Gasteiger partial charge in [0.25, 0.3) is 0 Å². The van der Waals surface area contributed by atoms with E-state index in [-0.39, 0.29) is 0 Å². The van der Waals surface area contributed by atoms with E-state index in [0.29, 0.717) is 22.3 Å². The Kier molecular flexibility index (Phi) is 3.14. The summed E-state index contributed by atoms with van der Waals surface area (Å²) in [5.41, 5.74) is 1.14. The fourth-order valence-electron chi connectivity index (χ4n) is 4.29. The molecule has 1 heterocycles. The van der Waals surface area contributed by atoms with Crippen molar-refractivity contribution in [1.29, 1.82) is 0 Å². The van der Waals surface area contributed by atoms with Crippen molar-refractivity contribution in [2.75, 3.05) is 6.61 Å². The molecule has 0 amide bonds. The molecule has 0 aromatic carbocycles. The van der Waals surface area contributed by atoms with E-state index in [0.717, 1.165) is 12.5 Å². The third kappa shape index (κ3) is 2.28. The quantitative estimate of drug-likeness (QED) is 0.646. The molecule has 3 atom stereocenters. The average molecular weight is 238 g/mol. The molecule has 100 valence electrons. The molecule has 1 nitrogen and oxygen atoms in total. The van der Waals surface area contributed by atoms with Crippen LogP contribution in [0, 0.1) is 22.2 Å². The van der Waals surface area contributed by atoms with Crippen molar-refractivity contribution < 1.29 is 4.74 Å². The van der Waals surface area contributed by atoms with Gasteiger partial charge in [0.15, 0.2) is 0 Å². The Morgan fingerprint density at radius 2 is 1.71 bits per heavy atom. The lowest BCUT2D eigenvalue weighted by Gasteiger charge is -2.48. The van der Waals surface area contributed by atoms with Gasteiger partial charge in [-0.1, -0.05) is 48.0 Å². The molecular formula is C16H30O. The van der Waals surface area contributed by atoms with E-state index in [4.69, 9.17) is 4.74 Å². The van der Waals surface area contributed by atoms with Crippen LogP contribution < -0.4 is 0 Å². The van der Waals surface area contributed by atoms with Crippen molar-refractivity contribution in [2.24, 2.45) is 22.2 Å². The fourth-order valence-corrected chi connectivity index (χ4v) is 4.29. The maximum absolute atomic E-state index is 6.17. The average Bonchev–Trinajstić information content (AvgIpc) is 2.64. The van der Waals surface area contributed by atoms with Crippen LogP contribution in [0.4, 0.5) is 0 Å². The van der Waals surface area contributed by atoms with Gasteiger partial charge < -0.3 is 4.74 Å². The summed E-state index contributed by atoms with van der Waals surface area (Å²) in [6, 6.07) is 0. The van der Waals surface area contributed by atoms with Gasteiger partial charge in [-0.15, -0.1) is 0 Å². The maximum atomic E-state index is 6.17. The fraction of sp³-hybridized carbons (Fsp3) is 1.00. The van der Waals surface area contributed by atoms with E-state index in [1.165, 1.54) is 25.7 Å². The first-order valence-electron chi connectivity index (χ1n) is 7.27. The zero-order valence-electron chi connectivity index (χ0n) is 12.6. The first kappa shape index (κ1) is 13.4. The van der Waals surface area contributed by atoms with Crippen molar-refractivity contribution >= 4 is 0 Å².